The van der Waals surface area contributed by atoms with Gasteiger partial charge >= 0.3 is 0 Å². The average molecular weight is 164 g/mol. The first-order chi connectivity index (χ1) is 5.77. The van der Waals surface area contributed by atoms with Crippen molar-refractivity contribution in [3.8, 4) is 0 Å². The van der Waals surface area contributed by atoms with Crippen LogP contribution in [0.1, 0.15) is 12.8 Å². The highest BCUT2D eigenvalue weighted by Gasteiger charge is 2.21. The van der Waals surface area contributed by atoms with Crippen LogP contribution in [0.5, 0.6) is 0 Å². The third kappa shape index (κ3) is 1.11. The fourth-order valence-electron chi connectivity index (χ4n) is 1.74. The lowest BCUT2D eigenvalue weighted by atomic mass is 10.1. The number of primary amides is 1. The molecule has 12 heavy (non-hydrogen) atoms. The van der Waals surface area contributed by atoms with Crippen molar-refractivity contribution < 1.29 is 4.79 Å². The number of hydrogen-bond acceptors (Lipinski definition) is 2. The number of hydrogen-bond donors (Lipinski definition) is 1. The summed E-state index contributed by atoms with van der Waals surface area (Å²) >= 11 is 0. The van der Waals surface area contributed by atoms with Crippen LogP contribution in [0, 0.1) is 0 Å². The van der Waals surface area contributed by atoms with Gasteiger partial charge in [0.15, 0.2) is 0 Å². The van der Waals surface area contributed by atoms with E-state index in [0.717, 1.165) is 18.5 Å². The molecular formula is C9H12N2O. The van der Waals surface area contributed by atoms with Crippen molar-refractivity contribution in [2.45, 2.75) is 12.8 Å². The molecule has 2 rings (SSSR count). The van der Waals surface area contributed by atoms with E-state index in [4.69, 9.17) is 5.73 Å². The van der Waals surface area contributed by atoms with Crippen LogP contribution >= 0.6 is 0 Å². The van der Waals surface area contributed by atoms with Gasteiger partial charge in [0.2, 0.25) is 5.91 Å². The number of amides is 1. The number of nitrogens with zero attached hydrogens (tertiary/aromatic N) is 1. The molecule has 0 saturated carbocycles. The summed E-state index contributed by atoms with van der Waals surface area (Å²) in [4.78, 5) is 13.1. The summed E-state index contributed by atoms with van der Waals surface area (Å²) in [5.41, 5.74) is 7.26. The third-order valence-corrected chi connectivity index (χ3v) is 2.42. The lowest BCUT2D eigenvalue weighted by Crippen LogP contribution is -2.29. The molecule has 0 aromatic rings. The van der Waals surface area contributed by atoms with Crippen molar-refractivity contribution in [1.29, 1.82) is 0 Å². The summed E-state index contributed by atoms with van der Waals surface area (Å²) in [6.45, 7) is 1.78. The van der Waals surface area contributed by atoms with E-state index in [1.165, 1.54) is 12.1 Å². The molecule has 0 unspecified atom stereocenters. The first kappa shape index (κ1) is 7.40. The molecule has 2 heterocycles. The van der Waals surface area contributed by atoms with Gasteiger partial charge in [-0.1, -0.05) is 6.08 Å². The van der Waals surface area contributed by atoms with E-state index in [2.05, 4.69) is 4.90 Å². The summed E-state index contributed by atoms with van der Waals surface area (Å²) in [6.07, 6.45) is 6.20. The molecule has 0 bridgehead atoms. The maximum Gasteiger partial charge on any atom is 0.246 e. The largest absolute Gasteiger partial charge is 0.370 e. The van der Waals surface area contributed by atoms with Crippen LogP contribution in [0.2, 0.25) is 0 Å². The summed E-state index contributed by atoms with van der Waals surface area (Å²) < 4.78 is 0. The Bertz CT molecular complexity index is 278. The predicted octanol–water partition coefficient (Wildman–Crippen LogP) is 0.391. The molecule has 0 radical (unpaired) electrons. The van der Waals surface area contributed by atoms with Gasteiger partial charge in [-0.3, -0.25) is 4.79 Å². The second-order valence-electron chi connectivity index (χ2n) is 3.24. The van der Waals surface area contributed by atoms with Crippen molar-refractivity contribution >= 4 is 5.91 Å². The molecule has 0 aromatic carbocycles. The van der Waals surface area contributed by atoms with E-state index in [9.17, 15) is 4.79 Å². The Morgan fingerprint density at radius 3 is 3.08 bits per heavy atom. The van der Waals surface area contributed by atoms with Gasteiger partial charge < -0.3 is 10.6 Å². The zero-order chi connectivity index (χ0) is 8.55. The molecular weight excluding hydrogens is 152 g/mol. The predicted molar refractivity (Wildman–Crippen MR) is 46.2 cm³/mol. The molecule has 64 valence electrons. The minimum Gasteiger partial charge on any atom is -0.370 e. The Labute approximate surface area is 71.5 Å². The molecule has 1 amide bonds. The maximum atomic E-state index is 10.8. The topological polar surface area (TPSA) is 46.3 Å². The van der Waals surface area contributed by atoms with E-state index in [0.29, 0.717) is 6.54 Å². The second-order valence-corrected chi connectivity index (χ2v) is 3.24. The van der Waals surface area contributed by atoms with Crippen molar-refractivity contribution in [3.63, 3.8) is 0 Å². The SMILES string of the molecule is NC(=O)C1=CC=C2CCCN2C1. The molecule has 3 nitrogen and oxygen atoms in total. The van der Waals surface area contributed by atoms with Gasteiger partial charge in [-0.05, 0) is 18.9 Å². The summed E-state index contributed by atoms with van der Waals surface area (Å²) in [5, 5.41) is 0. The highest BCUT2D eigenvalue weighted by atomic mass is 16.1. The molecule has 0 spiro atoms. The van der Waals surface area contributed by atoms with Crippen molar-refractivity contribution in [1.82, 2.24) is 4.90 Å². The average Bonchev–Trinajstić information content (AvgIpc) is 2.49. The quantitative estimate of drug-likeness (QED) is 0.609. The number of nitrogens with two attached hydrogens (primary N) is 1. The minimum atomic E-state index is -0.294. The highest BCUT2D eigenvalue weighted by Crippen LogP contribution is 2.25. The van der Waals surface area contributed by atoms with E-state index in [1.807, 2.05) is 12.2 Å². The third-order valence-electron chi connectivity index (χ3n) is 2.42. The number of carbonyl (C=O) groups excluding carboxylic acids is 1. The Balaban J connectivity index is 2.20. The van der Waals surface area contributed by atoms with Gasteiger partial charge in [-0.15, -0.1) is 0 Å². The lowest BCUT2D eigenvalue weighted by molar-refractivity contribution is -0.114. The number of allylic oxidation sites excluding steroid dienone is 3. The monoisotopic (exact) mass is 164 g/mol. The molecule has 3 heteroatoms. The highest BCUT2D eigenvalue weighted by molar-refractivity contribution is 5.93. The first-order valence-corrected chi connectivity index (χ1v) is 4.22. The molecule has 0 aromatic heterocycles. The maximum absolute atomic E-state index is 10.8. The molecule has 2 aliphatic rings. The van der Waals surface area contributed by atoms with Gasteiger partial charge in [0.05, 0.1) is 0 Å². The molecule has 2 N–H and O–H groups in total. The van der Waals surface area contributed by atoms with Crippen molar-refractivity contribution in [2.24, 2.45) is 5.73 Å². The van der Waals surface area contributed by atoms with Gasteiger partial charge in [0, 0.05) is 24.4 Å². The minimum absolute atomic E-state index is 0.294. The first-order valence-electron chi connectivity index (χ1n) is 4.22. The van der Waals surface area contributed by atoms with Crippen LogP contribution in [0.3, 0.4) is 0 Å². The Morgan fingerprint density at radius 2 is 2.33 bits per heavy atom. The fourth-order valence-corrected chi connectivity index (χ4v) is 1.74. The smallest absolute Gasteiger partial charge is 0.246 e. The number of rotatable bonds is 1. The van der Waals surface area contributed by atoms with Crippen LogP contribution in [-0.4, -0.2) is 23.9 Å². The summed E-state index contributed by atoms with van der Waals surface area (Å²) in [7, 11) is 0. The molecule has 2 aliphatic heterocycles. The van der Waals surface area contributed by atoms with Gasteiger partial charge in [-0.25, -0.2) is 0 Å². The zero-order valence-corrected chi connectivity index (χ0v) is 6.92. The molecule has 0 aliphatic carbocycles. The van der Waals surface area contributed by atoms with E-state index in [1.54, 1.807) is 0 Å². The summed E-state index contributed by atoms with van der Waals surface area (Å²) in [6, 6.07) is 0. The fraction of sp³-hybridized carbons (Fsp3) is 0.444. The number of fused-ring (bicyclic) bond motifs is 1. The van der Waals surface area contributed by atoms with Crippen LogP contribution in [-0.2, 0) is 4.79 Å². The summed E-state index contributed by atoms with van der Waals surface area (Å²) in [5.74, 6) is -0.294. The zero-order valence-electron chi connectivity index (χ0n) is 6.92. The Morgan fingerprint density at radius 1 is 1.50 bits per heavy atom. The van der Waals surface area contributed by atoms with E-state index in [-0.39, 0.29) is 5.91 Å². The van der Waals surface area contributed by atoms with Crippen molar-refractivity contribution in [2.75, 3.05) is 13.1 Å². The number of carbonyl (C=O) groups is 1. The van der Waals surface area contributed by atoms with Crippen LogP contribution < -0.4 is 5.73 Å². The van der Waals surface area contributed by atoms with E-state index < -0.39 is 0 Å². The van der Waals surface area contributed by atoms with Gasteiger partial charge in [0.25, 0.3) is 0 Å². The van der Waals surface area contributed by atoms with Crippen molar-refractivity contribution in [3.05, 3.63) is 23.4 Å². The Hall–Kier alpha value is -1.25. The molecule has 1 saturated heterocycles. The normalized spacial score (nSPS) is 21.5. The standard InChI is InChI=1S/C9H12N2O/c10-9(12)7-3-4-8-2-1-5-11(8)6-7/h3-4H,1-2,5-6H2,(H2,10,12). The van der Waals surface area contributed by atoms with E-state index >= 15 is 0 Å². The molecule has 1 fully saturated rings. The van der Waals surface area contributed by atoms with Crippen LogP contribution in [0.15, 0.2) is 23.4 Å². The second kappa shape index (κ2) is 2.66. The Kier molecular flexibility index (Phi) is 1.64. The van der Waals surface area contributed by atoms with Crippen LogP contribution in [0.4, 0.5) is 0 Å². The van der Waals surface area contributed by atoms with Crippen LogP contribution in [0.25, 0.3) is 0 Å². The molecule has 0 atom stereocenters. The van der Waals surface area contributed by atoms with Gasteiger partial charge in [-0.2, -0.15) is 0 Å². The van der Waals surface area contributed by atoms with Gasteiger partial charge in [0.1, 0.15) is 0 Å². The lowest BCUT2D eigenvalue weighted by Gasteiger charge is -2.23.